The highest BCUT2D eigenvalue weighted by Crippen LogP contribution is 2.29. The van der Waals surface area contributed by atoms with Gasteiger partial charge in [-0.2, -0.15) is 15.2 Å². The predicted octanol–water partition coefficient (Wildman–Crippen LogP) is 4.03. The number of nitrogens with zero attached hydrogens (tertiary/aromatic N) is 4. The molecule has 6 nitrogen and oxygen atoms in total. The van der Waals surface area contributed by atoms with E-state index in [4.69, 9.17) is 9.26 Å². The quantitative estimate of drug-likeness (QED) is 0.598. The Kier molecular flexibility index (Phi) is 5.61. The van der Waals surface area contributed by atoms with Crippen LogP contribution in [0.3, 0.4) is 0 Å². The standard InChI is InChI=1S/C20H24N4O2/c1-5-17-8-9-18(23-22-17)7-6-10-25-19-13(2)11-16(12-14(19)3)20-21-15(4)26-24-20/h8-9,11-12H,5-7,10H2,1-4H3. The van der Waals surface area contributed by atoms with Crippen LogP contribution in [0.2, 0.25) is 0 Å². The molecule has 3 rings (SSSR count). The van der Waals surface area contributed by atoms with Gasteiger partial charge in [0.05, 0.1) is 18.0 Å². The molecule has 0 radical (unpaired) electrons. The van der Waals surface area contributed by atoms with Gasteiger partial charge in [-0.3, -0.25) is 0 Å². The first-order chi connectivity index (χ1) is 12.6. The molecule has 3 aromatic rings. The second-order valence-electron chi connectivity index (χ2n) is 6.40. The summed E-state index contributed by atoms with van der Waals surface area (Å²) in [4.78, 5) is 4.28. The monoisotopic (exact) mass is 352 g/mol. The Bertz CT molecular complexity index is 849. The van der Waals surface area contributed by atoms with E-state index in [9.17, 15) is 0 Å². The van der Waals surface area contributed by atoms with Gasteiger partial charge in [-0.25, -0.2) is 0 Å². The van der Waals surface area contributed by atoms with E-state index in [1.807, 2.05) is 38.1 Å². The summed E-state index contributed by atoms with van der Waals surface area (Å²) >= 11 is 0. The van der Waals surface area contributed by atoms with Crippen LogP contribution in [0.4, 0.5) is 0 Å². The van der Waals surface area contributed by atoms with Crippen LogP contribution in [-0.4, -0.2) is 26.9 Å². The Hall–Kier alpha value is -2.76. The fraction of sp³-hybridized carbons (Fsp3) is 0.400. The molecule has 1 aromatic carbocycles. The molecule has 0 N–H and O–H groups in total. The number of benzene rings is 1. The summed E-state index contributed by atoms with van der Waals surface area (Å²) < 4.78 is 11.1. The van der Waals surface area contributed by atoms with E-state index in [2.05, 4.69) is 27.3 Å². The van der Waals surface area contributed by atoms with Crippen molar-refractivity contribution in [3.05, 3.63) is 52.7 Å². The highest BCUT2D eigenvalue weighted by molar-refractivity contribution is 5.60. The molecule has 0 aliphatic carbocycles. The van der Waals surface area contributed by atoms with Crippen molar-refractivity contribution < 1.29 is 9.26 Å². The summed E-state index contributed by atoms with van der Waals surface area (Å²) in [5.41, 5.74) is 5.09. The second-order valence-corrected chi connectivity index (χ2v) is 6.40. The average molecular weight is 352 g/mol. The molecule has 2 heterocycles. The molecule has 26 heavy (non-hydrogen) atoms. The molecule has 0 fully saturated rings. The number of hydrogen-bond donors (Lipinski definition) is 0. The van der Waals surface area contributed by atoms with Crippen LogP contribution < -0.4 is 4.74 Å². The molecule has 0 bridgehead atoms. The van der Waals surface area contributed by atoms with Crippen LogP contribution in [0.1, 0.15) is 41.8 Å². The Morgan fingerprint density at radius 2 is 1.69 bits per heavy atom. The number of aryl methyl sites for hydroxylation is 5. The summed E-state index contributed by atoms with van der Waals surface area (Å²) in [7, 11) is 0. The van der Waals surface area contributed by atoms with Gasteiger partial charge < -0.3 is 9.26 Å². The van der Waals surface area contributed by atoms with Crippen molar-refractivity contribution in [3.8, 4) is 17.1 Å². The lowest BCUT2D eigenvalue weighted by Crippen LogP contribution is -2.04. The van der Waals surface area contributed by atoms with E-state index in [-0.39, 0.29) is 0 Å². The fourth-order valence-corrected chi connectivity index (χ4v) is 2.86. The molecule has 0 atom stereocenters. The zero-order valence-corrected chi connectivity index (χ0v) is 15.7. The van der Waals surface area contributed by atoms with E-state index in [0.29, 0.717) is 18.3 Å². The highest BCUT2D eigenvalue weighted by Gasteiger charge is 2.11. The summed E-state index contributed by atoms with van der Waals surface area (Å²) in [5, 5.41) is 12.4. The minimum absolute atomic E-state index is 0.561. The van der Waals surface area contributed by atoms with Crippen LogP contribution in [-0.2, 0) is 12.8 Å². The fourth-order valence-electron chi connectivity index (χ4n) is 2.86. The second kappa shape index (κ2) is 8.08. The molecule has 2 aromatic heterocycles. The van der Waals surface area contributed by atoms with Crippen molar-refractivity contribution in [2.75, 3.05) is 6.61 Å². The minimum Gasteiger partial charge on any atom is -0.493 e. The van der Waals surface area contributed by atoms with Gasteiger partial charge >= 0.3 is 0 Å². The first-order valence-corrected chi connectivity index (χ1v) is 8.93. The zero-order valence-electron chi connectivity index (χ0n) is 15.7. The topological polar surface area (TPSA) is 73.9 Å². The van der Waals surface area contributed by atoms with Gasteiger partial charge in [0, 0.05) is 12.5 Å². The Morgan fingerprint density at radius 1 is 1.00 bits per heavy atom. The maximum Gasteiger partial charge on any atom is 0.223 e. The zero-order chi connectivity index (χ0) is 18.5. The third-order valence-corrected chi connectivity index (χ3v) is 4.21. The minimum atomic E-state index is 0.561. The Labute approximate surface area is 153 Å². The molecule has 0 aliphatic rings. The molecule has 0 spiro atoms. The van der Waals surface area contributed by atoms with Crippen molar-refractivity contribution in [3.63, 3.8) is 0 Å². The summed E-state index contributed by atoms with van der Waals surface area (Å²) in [6.45, 7) is 8.57. The SMILES string of the molecule is CCc1ccc(CCCOc2c(C)cc(-c3noc(C)n3)cc2C)nn1. The molecule has 0 saturated carbocycles. The predicted molar refractivity (Wildman–Crippen MR) is 99.2 cm³/mol. The molecule has 0 aliphatic heterocycles. The molecule has 0 unspecified atom stereocenters. The van der Waals surface area contributed by atoms with Gasteiger partial charge in [0.15, 0.2) is 0 Å². The third kappa shape index (κ3) is 4.25. The summed E-state index contributed by atoms with van der Waals surface area (Å²) in [5.74, 6) is 2.08. The van der Waals surface area contributed by atoms with Gasteiger partial charge in [-0.15, -0.1) is 0 Å². The Morgan fingerprint density at radius 3 is 2.27 bits per heavy atom. The van der Waals surface area contributed by atoms with E-state index in [1.165, 1.54) is 0 Å². The smallest absolute Gasteiger partial charge is 0.223 e. The van der Waals surface area contributed by atoms with Crippen molar-refractivity contribution in [2.24, 2.45) is 0 Å². The van der Waals surface area contributed by atoms with Crippen LogP contribution >= 0.6 is 0 Å². The summed E-state index contributed by atoms with van der Waals surface area (Å²) in [6, 6.07) is 8.14. The van der Waals surface area contributed by atoms with Crippen molar-refractivity contribution >= 4 is 0 Å². The van der Waals surface area contributed by atoms with E-state index >= 15 is 0 Å². The van der Waals surface area contributed by atoms with Crippen LogP contribution in [0.25, 0.3) is 11.4 Å². The van der Waals surface area contributed by atoms with E-state index in [1.54, 1.807) is 6.92 Å². The van der Waals surface area contributed by atoms with Crippen molar-refractivity contribution in [1.82, 2.24) is 20.3 Å². The number of hydrogen-bond acceptors (Lipinski definition) is 6. The molecular formula is C20H24N4O2. The number of aromatic nitrogens is 4. The first-order valence-electron chi connectivity index (χ1n) is 8.93. The lowest BCUT2D eigenvalue weighted by molar-refractivity contribution is 0.306. The van der Waals surface area contributed by atoms with E-state index < -0.39 is 0 Å². The van der Waals surface area contributed by atoms with Gasteiger partial charge in [0.2, 0.25) is 11.7 Å². The van der Waals surface area contributed by atoms with Gasteiger partial charge in [-0.05, 0) is 68.5 Å². The van der Waals surface area contributed by atoms with Gasteiger partial charge in [0.25, 0.3) is 0 Å². The molecule has 0 saturated heterocycles. The summed E-state index contributed by atoms with van der Waals surface area (Å²) in [6.07, 6.45) is 2.66. The van der Waals surface area contributed by atoms with E-state index in [0.717, 1.165) is 53.1 Å². The maximum absolute atomic E-state index is 6.02. The van der Waals surface area contributed by atoms with Crippen molar-refractivity contribution in [1.29, 1.82) is 0 Å². The lowest BCUT2D eigenvalue weighted by atomic mass is 10.1. The lowest BCUT2D eigenvalue weighted by Gasteiger charge is -2.13. The molecular weight excluding hydrogens is 328 g/mol. The largest absolute Gasteiger partial charge is 0.493 e. The van der Waals surface area contributed by atoms with Gasteiger partial charge in [0.1, 0.15) is 5.75 Å². The van der Waals surface area contributed by atoms with Crippen LogP contribution in [0, 0.1) is 20.8 Å². The molecule has 136 valence electrons. The third-order valence-electron chi connectivity index (χ3n) is 4.21. The van der Waals surface area contributed by atoms with Gasteiger partial charge in [-0.1, -0.05) is 12.1 Å². The van der Waals surface area contributed by atoms with Crippen molar-refractivity contribution in [2.45, 2.75) is 47.0 Å². The van der Waals surface area contributed by atoms with Crippen LogP contribution in [0.5, 0.6) is 5.75 Å². The average Bonchev–Trinajstić information content (AvgIpc) is 3.07. The first kappa shape index (κ1) is 18.0. The maximum atomic E-state index is 6.02. The molecule has 0 amide bonds. The molecule has 6 heteroatoms. The number of ether oxygens (including phenoxy) is 1. The van der Waals surface area contributed by atoms with Crippen LogP contribution in [0.15, 0.2) is 28.8 Å². The Balaban J connectivity index is 1.59. The number of rotatable bonds is 7. The normalized spacial score (nSPS) is 10.9. The highest BCUT2D eigenvalue weighted by atomic mass is 16.5.